The molecule has 0 spiro atoms. The number of anilines is 1. The molecule has 0 unspecified atom stereocenters. The highest BCUT2D eigenvalue weighted by Crippen LogP contribution is 2.22. The van der Waals surface area contributed by atoms with Crippen molar-refractivity contribution < 1.29 is 13.2 Å². The summed E-state index contributed by atoms with van der Waals surface area (Å²) in [6, 6.07) is 13.9. The molecule has 1 heterocycles. The smallest absolute Gasteiger partial charge is 0.255 e. The SMILES string of the molecule is CCc1cccc(NC(=O)c2cccc(S(=O)(=O)N3CCCC3)c2)c1. The Morgan fingerprint density at radius 2 is 1.80 bits per heavy atom. The molecule has 132 valence electrons. The van der Waals surface area contributed by atoms with Crippen molar-refractivity contribution in [1.82, 2.24) is 4.31 Å². The van der Waals surface area contributed by atoms with Crippen molar-refractivity contribution in [3.8, 4) is 0 Å². The molecule has 0 atom stereocenters. The van der Waals surface area contributed by atoms with Crippen molar-refractivity contribution >= 4 is 21.6 Å². The van der Waals surface area contributed by atoms with Crippen LogP contribution >= 0.6 is 0 Å². The van der Waals surface area contributed by atoms with Crippen LogP contribution in [-0.4, -0.2) is 31.7 Å². The first kappa shape index (κ1) is 17.6. The number of rotatable bonds is 5. The molecule has 1 aliphatic rings. The molecule has 6 heteroatoms. The fourth-order valence-corrected chi connectivity index (χ4v) is 4.51. The third kappa shape index (κ3) is 3.91. The third-order valence-corrected chi connectivity index (χ3v) is 6.29. The zero-order valence-electron chi connectivity index (χ0n) is 14.2. The Labute approximate surface area is 148 Å². The first-order chi connectivity index (χ1) is 12.0. The first-order valence-corrected chi connectivity index (χ1v) is 9.95. The van der Waals surface area contributed by atoms with E-state index < -0.39 is 10.0 Å². The average Bonchev–Trinajstić information content (AvgIpc) is 3.17. The summed E-state index contributed by atoms with van der Waals surface area (Å²) in [5.41, 5.74) is 2.17. The monoisotopic (exact) mass is 358 g/mol. The van der Waals surface area contributed by atoms with E-state index in [-0.39, 0.29) is 10.8 Å². The van der Waals surface area contributed by atoms with E-state index in [2.05, 4.69) is 5.32 Å². The van der Waals surface area contributed by atoms with Crippen LogP contribution in [0.15, 0.2) is 53.4 Å². The molecule has 0 radical (unpaired) electrons. The van der Waals surface area contributed by atoms with Crippen LogP contribution in [0, 0.1) is 0 Å². The number of sulfonamides is 1. The average molecular weight is 358 g/mol. The van der Waals surface area contributed by atoms with Gasteiger partial charge >= 0.3 is 0 Å². The van der Waals surface area contributed by atoms with Crippen molar-refractivity contribution in [2.75, 3.05) is 18.4 Å². The van der Waals surface area contributed by atoms with Crippen molar-refractivity contribution in [2.45, 2.75) is 31.1 Å². The number of amides is 1. The van der Waals surface area contributed by atoms with Gasteiger partial charge in [0.1, 0.15) is 0 Å². The van der Waals surface area contributed by atoms with E-state index in [0.29, 0.717) is 24.3 Å². The lowest BCUT2D eigenvalue weighted by Gasteiger charge is -2.16. The van der Waals surface area contributed by atoms with Gasteiger partial charge in [-0.25, -0.2) is 8.42 Å². The number of benzene rings is 2. The number of nitrogens with one attached hydrogen (secondary N) is 1. The van der Waals surface area contributed by atoms with E-state index in [1.54, 1.807) is 18.2 Å². The molecule has 5 nitrogen and oxygen atoms in total. The maximum atomic E-state index is 12.6. The van der Waals surface area contributed by atoms with Gasteiger partial charge < -0.3 is 5.32 Å². The van der Waals surface area contributed by atoms with Gasteiger partial charge in [0.25, 0.3) is 5.91 Å². The summed E-state index contributed by atoms with van der Waals surface area (Å²) in [6.07, 6.45) is 2.65. The Hall–Kier alpha value is -2.18. The molecule has 0 bridgehead atoms. The number of hydrogen-bond acceptors (Lipinski definition) is 3. The van der Waals surface area contributed by atoms with Crippen molar-refractivity contribution in [3.05, 3.63) is 59.7 Å². The summed E-state index contributed by atoms with van der Waals surface area (Å²) >= 11 is 0. The summed E-state index contributed by atoms with van der Waals surface area (Å²) < 4.78 is 26.8. The van der Waals surface area contributed by atoms with Gasteiger partial charge in [0, 0.05) is 24.3 Å². The topological polar surface area (TPSA) is 66.5 Å². The maximum absolute atomic E-state index is 12.6. The van der Waals surface area contributed by atoms with Gasteiger partial charge in [0.15, 0.2) is 0 Å². The summed E-state index contributed by atoms with van der Waals surface area (Å²) in [6.45, 7) is 3.14. The highest BCUT2D eigenvalue weighted by Gasteiger charge is 2.27. The van der Waals surface area contributed by atoms with Crippen LogP contribution in [-0.2, 0) is 16.4 Å². The second kappa shape index (κ2) is 7.37. The molecular weight excluding hydrogens is 336 g/mol. The van der Waals surface area contributed by atoms with Gasteiger partial charge in [-0.05, 0) is 55.2 Å². The van der Waals surface area contributed by atoms with E-state index in [1.807, 2.05) is 31.2 Å². The zero-order chi connectivity index (χ0) is 17.9. The van der Waals surface area contributed by atoms with Crippen LogP contribution in [0.5, 0.6) is 0 Å². The fraction of sp³-hybridized carbons (Fsp3) is 0.316. The van der Waals surface area contributed by atoms with Gasteiger partial charge in [0.2, 0.25) is 10.0 Å². The molecule has 0 aromatic heterocycles. The molecule has 1 amide bonds. The van der Waals surface area contributed by atoms with Crippen LogP contribution in [0.25, 0.3) is 0 Å². The van der Waals surface area contributed by atoms with Crippen molar-refractivity contribution in [3.63, 3.8) is 0 Å². The lowest BCUT2D eigenvalue weighted by Crippen LogP contribution is -2.28. The Morgan fingerprint density at radius 3 is 2.52 bits per heavy atom. The quantitative estimate of drug-likeness (QED) is 0.892. The minimum absolute atomic E-state index is 0.171. The number of nitrogens with zero attached hydrogens (tertiary/aromatic N) is 1. The Kier molecular flexibility index (Phi) is 5.20. The normalized spacial score (nSPS) is 15.2. The highest BCUT2D eigenvalue weighted by molar-refractivity contribution is 7.89. The zero-order valence-corrected chi connectivity index (χ0v) is 15.1. The van der Waals surface area contributed by atoms with E-state index >= 15 is 0 Å². The van der Waals surface area contributed by atoms with Crippen LogP contribution in [0.1, 0.15) is 35.7 Å². The van der Waals surface area contributed by atoms with Crippen LogP contribution in [0.2, 0.25) is 0 Å². The van der Waals surface area contributed by atoms with Crippen molar-refractivity contribution in [1.29, 1.82) is 0 Å². The Balaban J connectivity index is 1.82. The van der Waals surface area contributed by atoms with Crippen molar-refractivity contribution in [2.24, 2.45) is 0 Å². The Morgan fingerprint density at radius 1 is 1.08 bits per heavy atom. The summed E-state index contributed by atoms with van der Waals surface area (Å²) in [4.78, 5) is 12.7. The number of aryl methyl sites for hydroxylation is 1. The second-order valence-corrected chi connectivity index (χ2v) is 8.09. The molecule has 1 fully saturated rings. The molecule has 1 aliphatic heterocycles. The van der Waals surface area contributed by atoms with Crippen LogP contribution in [0.4, 0.5) is 5.69 Å². The number of carbonyl (C=O) groups excluding carboxylic acids is 1. The summed E-state index contributed by atoms with van der Waals surface area (Å²) in [5, 5.41) is 2.83. The summed E-state index contributed by atoms with van der Waals surface area (Å²) in [5.74, 6) is -0.313. The van der Waals surface area contributed by atoms with E-state index in [0.717, 1.165) is 24.8 Å². The standard InChI is InChI=1S/C19H22N2O3S/c1-2-15-7-5-9-17(13-15)20-19(22)16-8-6-10-18(14-16)25(23,24)21-11-3-4-12-21/h5-10,13-14H,2-4,11-12H2,1H3,(H,20,22). The molecule has 3 rings (SSSR count). The van der Waals surface area contributed by atoms with E-state index in [1.165, 1.54) is 10.4 Å². The van der Waals surface area contributed by atoms with Gasteiger partial charge in [-0.1, -0.05) is 25.1 Å². The second-order valence-electron chi connectivity index (χ2n) is 6.15. The predicted molar refractivity (Wildman–Crippen MR) is 98.2 cm³/mol. The molecule has 1 N–H and O–H groups in total. The molecule has 0 saturated carbocycles. The fourth-order valence-electron chi connectivity index (χ4n) is 2.95. The predicted octanol–water partition coefficient (Wildman–Crippen LogP) is 3.29. The third-order valence-electron chi connectivity index (χ3n) is 4.39. The van der Waals surface area contributed by atoms with Gasteiger partial charge in [-0.3, -0.25) is 4.79 Å². The lowest BCUT2D eigenvalue weighted by atomic mass is 10.1. The molecule has 0 aliphatic carbocycles. The largest absolute Gasteiger partial charge is 0.322 e. The highest BCUT2D eigenvalue weighted by atomic mass is 32.2. The number of hydrogen-bond donors (Lipinski definition) is 1. The Bertz CT molecular complexity index is 872. The van der Waals surface area contributed by atoms with E-state index in [9.17, 15) is 13.2 Å². The lowest BCUT2D eigenvalue weighted by molar-refractivity contribution is 0.102. The van der Waals surface area contributed by atoms with E-state index in [4.69, 9.17) is 0 Å². The number of carbonyl (C=O) groups is 1. The van der Waals surface area contributed by atoms with Gasteiger partial charge in [-0.2, -0.15) is 4.31 Å². The minimum Gasteiger partial charge on any atom is -0.322 e. The summed E-state index contributed by atoms with van der Waals surface area (Å²) in [7, 11) is -3.52. The van der Waals surface area contributed by atoms with Crippen LogP contribution < -0.4 is 5.32 Å². The van der Waals surface area contributed by atoms with Gasteiger partial charge in [-0.15, -0.1) is 0 Å². The van der Waals surface area contributed by atoms with Crippen LogP contribution in [0.3, 0.4) is 0 Å². The minimum atomic E-state index is -3.52. The molecular formula is C19H22N2O3S. The van der Waals surface area contributed by atoms with Gasteiger partial charge in [0.05, 0.1) is 4.90 Å². The first-order valence-electron chi connectivity index (χ1n) is 8.51. The molecule has 2 aromatic carbocycles. The molecule has 1 saturated heterocycles. The molecule has 25 heavy (non-hydrogen) atoms. The maximum Gasteiger partial charge on any atom is 0.255 e. The molecule has 2 aromatic rings.